The second-order valence-electron chi connectivity index (χ2n) is 7.20. The fourth-order valence-corrected chi connectivity index (χ4v) is 3.58. The van der Waals surface area contributed by atoms with Crippen LogP contribution in [-0.4, -0.2) is 43.4 Å². The molecule has 0 saturated carbocycles. The lowest BCUT2D eigenvalue weighted by molar-refractivity contribution is -0.116. The Morgan fingerprint density at radius 2 is 1.69 bits per heavy atom. The summed E-state index contributed by atoms with van der Waals surface area (Å²) in [6.45, 7) is 3.99. The fraction of sp³-hybridized carbons (Fsp3) is 0.227. The highest BCUT2D eigenvalue weighted by molar-refractivity contribution is 7.99. The molecule has 1 heterocycles. The van der Waals surface area contributed by atoms with Gasteiger partial charge in [-0.15, -0.1) is 10.2 Å². The van der Waals surface area contributed by atoms with Crippen LogP contribution in [0.25, 0.3) is 0 Å². The van der Waals surface area contributed by atoms with Crippen molar-refractivity contribution in [3.05, 3.63) is 65.0 Å². The Kier molecular flexibility index (Phi) is 7.26. The number of rotatable bonds is 8. The third-order valence-electron chi connectivity index (χ3n) is 4.76. The molecule has 0 aliphatic rings. The summed E-state index contributed by atoms with van der Waals surface area (Å²) < 4.78 is 1.67. The summed E-state index contributed by atoms with van der Waals surface area (Å²) in [7, 11) is 1.73. The highest BCUT2D eigenvalue weighted by Gasteiger charge is 2.15. The second kappa shape index (κ2) is 10.1. The first kappa shape index (κ1) is 23.0. The van der Waals surface area contributed by atoms with E-state index in [-0.39, 0.29) is 29.6 Å². The Morgan fingerprint density at radius 3 is 2.41 bits per heavy atom. The lowest BCUT2D eigenvalue weighted by Gasteiger charge is -2.08. The van der Waals surface area contributed by atoms with Crippen molar-refractivity contribution in [3.63, 3.8) is 0 Å². The number of aryl methyl sites for hydroxylation is 2. The van der Waals surface area contributed by atoms with Crippen LogP contribution in [0, 0.1) is 13.8 Å². The van der Waals surface area contributed by atoms with Gasteiger partial charge in [0.25, 0.3) is 0 Å². The molecule has 0 aliphatic heterocycles. The zero-order chi connectivity index (χ0) is 23.3. The molecule has 0 atom stereocenters. The van der Waals surface area contributed by atoms with Crippen molar-refractivity contribution < 1.29 is 19.5 Å². The van der Waals surface area contributed by atoms with Gasteiger partial charge in [0.2, 0.25) is 11.8 Å². The van der Waals surface area contributed by atoms with E-state index in [4.69, 9.17) is 5.11 Å². The Labute approximate surface area is 189 Å². The number of thioether (sulfide) groups is 1. The molecular formula is C22H23N5O4S. The van der Waals surface area contributed by atoms with Gasteiger partial charge in [-0.1, -0.05) is 23.9 Å². The lowest BCUT2D eigenvalue weighted by atomic mass is 10.1. The minimum absolute atomic E-state index is 0.0468. The number of amides is 2. The maximum Gasteiger partial charge on any atom is 0.335 e. The molecule has 3 rings (SSSR count). The molecule has 166 valence electrons. The summed E-state index contributed by atoms with van der Waals surface area (Å²) in [5.41, 5.74) is 3.45. The number of aromatic nitrogens is 3. The fourth-order valence-electron chi connectivity index (χ4n) is 2.85. The third kappa shape index (κ3) is 5.94. The largest absolute Gasteiger partial charge is 0.478 e. The van der Waals surface area contributed by atoms with E-state index in [0.29, 0.717) is 16.7 Å². The minimum Gasteiger partial charge on any atom is -0.478 e. The zero-order valence-corrected chi connectivity index (χ0v) is 18.7. The van der Waals surface area contributed by atoms with Crippen LogP contribution in [0.3, 0.4) is 0 Å². The monoisotopic (exact) mass is 453 g/mol. The molecule has 10 heteroatoms. The number of hydrogen-bond acceptors (Lipinski definition) is 6. The highest BCUT2D eigenvalue weighted by Crippen LogP contribution is 2.18. The molecule has 0 bridgehead atoms. The van der Waals surface area contributed by atoms with Crippen LogP contribution in [0.15, 0.2) is 47.6 Å². The quantitative estimate of drug-likeness (QED) is 0.448. The first-order chi connectivity index (χ1) is 15.2. The standard InChI is InChI=1S/C22H23N5O4S/c1-13-7-8-17(9-14(13)2)23-19(28)11-18-25-26-22(27(18)3)32-12-20(29)24-16-6-4-5-15(10-16)21(30)31/h4-10H,11-12H2,1-3H3,(H,23,28)(H,24,29)(H,30,31). The topological polar surface area (TPSA) is 126 Å². The second-order valence-corrected chi connectivity index (χ2v) is 8.15. The summed E-state index contributed by atoms with van der Waals surface area (Å²) in [6.07, 6.45) is 0.0468. The maximum atomic E-state index is 12.4. The van der Waals surface area contributed by atoms with E-state index in [9.17, 15) is 14.4 Å². The number of carboxylic acids is 1. The molecule has 0 fully saturated rings. The van der Waals surface area contributed by atoms with E-state index < -0.39 is 5.97 Å². The molecule has 0 unspecified atom stereocenters. The molecule has 1 aromatic heterocycles. The van der Waals surface area contributed by atoms with Crippen LogP contribution >= 0.6 is 11.8 Å². The molecule has 2 amide bonds. The van der Waals surface area contributed by atoms with Gasteiger partial charge in [0, 0.05) is 18.4 Å². The first-order valence-corrected chi connectivity index (χ1v) is 10.7. The summed E-state index contributed by atoms with van der Waals surface area (Å²) >= 11 is 1.17. The van der Waals surface area contributed by atoms with E-state index in [1.165, 1.54) is 23.9 Å². The van der Waals surface area contributed by atoms with Crippen LogP contribution in [0.2, 0.25) is 0 Å². The summed E-state index contributed by atoms with van der Waals surface area (Å²) in [5, 5.41) is 23.1. The van der Waals surface area contributed by atoms with Crippen LogP contribution in [0.4, 0.5) is 11.4 Å². The normalized spacial score (nSPS) is 10.6. The van der Waals surface area contributed by atoms with Gasteiger partial charge < -0.3 is 20.3 Å². The Morgan fingerprint density at radius 1 is 0.969 bits per heavy atom. The van der Waals surface area contributed by atoms with Crippen LogP contribution in [-0.2, 0) is 23.1 Å². The van der Waals surface area contributed by atoms with Gasteiger partial charge in [0.15, 0.2) is 5.16 Å². The van der Waals surface area contributed by atoms with Crippen LogP contribution in [0.1, 0.15) is 27.3 Å². The van der Waals surface area contributed by atoms with Crippen molar-refractivity contribution in [2.24, 2.45) is 7.05 Å². The predicted molar refractivity (Wildman–Crippen MR) is 122 cm³/mol. The van der Waals surface area contributed by atoms with Gasteiger partial charge in [-0.25, -0.2) is 4.79 Å². The Hall–Kier alpha value is -3.66. The smallest absolute Gasteiger partial charge is 0.335 e. The molecule has 0 radical (unpaired) electrons. The SMILES string of the molecule is Cc1ccc(NC(=O)Cc2nnc(SCC(=O)Nc3cccc(C(=O)O)c3)n2C)cc1C. The van der Waals surface area contributed by atoms with E-state index >= 15 is 0 Å². The molecule has 0 spiro atoms. The van der Waals surface area contributed by atoms with E-state index in [2.05, 4.69) is 20.8 Å². The minimum atomic E-state index is -1.07. The Balaban J connectivity index is 1.54. The molecule has 0 aliphatic carbocycles. The molecule has 9 nitrogen and oxygen atoms in total. The number of carboxylic acid groups (broad SMARTS) is 1. The number of carbonyl (C=O) groups excluding carboxylic acids is 2. The van der Waals surface area contributed by atoms with Gasteiger partial charge in [0.1, 0.15) is 5.82 Å². The zero-order valence-electron chi connectivity index (χ0n) is 17.9. The number of hydrogen-bond donors (Lipinski definition) is 3. The summed E-state index contributed by atoms with van der Waals surface area (Å²) in [6, 6.07) is 11.7. The first-order valence-electron chi connectivity index (χ1n) is 9.74. The van der Waals surface area contributed by atoms with Gasteiger partial charge in [-0.3, -0.25) is 9.59 Å². The van der Waals surface area contributed by atoms with E-state index in [0.717, 1.165) is 16.8 Å². The Bertz CT molecular complexity index is 1170. The molecule has 3 aromatic rings. The molecule has 3 N–H and O–H groups in total. The number of carbonyl (C=O) groups is 3. The van der Waals surface area contributed by atoms with Crippen molar-refractivity contribution in [2.45, 2.75) is 25.4 Å². The van der Waals surface area contributed by atoms with Crippen molar-refractivity contribution >= 4 is 40.9 Å². The van der Waals surface area contributed by atoms with Crippen molar-refractivity contribution in [1.29, 1.82) is 0 Å². The van der Waals surface area contributed by atoms with Gasteiger partial charge in [-0.05, 0) is 55.3 Å². The van der Waals surface area contributed by atoms with Gasteiger partial charge in [0.05, 0.1) is 17.7 Å². The number of aromatic carboxylic acids is 1. The highest BCUT2D eigenvalue weighted by atomic mass is 32.2. The van der Waals surface area contributed by atoms with Crippen molar-refractivity contribution in [2.75, 3.05) is 16.4 Å². The summed E-state index contributed by atoms with van der Waals surface area (Å²) in [5.74, 6) is -1.06. The van der Waals surface area contributed by atoms with Crippen molar-refractivity contribution in [1.82, 2.24) is 14.8 Å². The number of nitrogens with one attached hydrogen (secondary N) is 2. The molecule has 32 heavy (non-hydrogen) atoms. The number of nitrogens with zero attached hydrogens (tertiary/aromatic N) is 3. The maximum absolute atomic E-state index is 12.4. The number of anilines is 2. The van der Waals surface area contributed by atoms with Crippen molar-refractivity contribution in [3.8, 4) is 0 Å². The van der Waals surface area contributed by atoms with E-state index in [1.54, 1.807) is 23.7 Å². The number of benzene rings is 2. The average molecular weight is 454 g/mol. The van der Waals surface area contributed by atoms with E-state index in [1.807, 2.05) is 32.0 Å². The van der Waals surface area contributed by atoms with Gasteiger partial charge >= 0.3 is 5.97 Å². The molecular weight excluding hydrogens is 430 g/mol. The molecule has 2 aromatic carbocycles. The van der Waals surface area contributed by atoms with Crippen LogP contribution < -0.4 is 10.6 Å². The average Bonchev–Trinajstić information content (AvgIpc) is 3.08. The predicted octanol–water partition coefficient (Wildman–Crippen LogP) is 3.04. The van der Waals surface area contributed by atoms with Gasteiger partial charge in [-0.2, -0.15) is 0 Å². The van der Waals surface area contributed by atoms with Crippen LogP contribution in [0.5, 0.6) is 0 Å². The third-order valence-corrected chi connectivity index (χ3v) is 5.78. The summed E-state index contributed by atoms with van der Waals surface area (Å²) in [4.78, 5) is 35.6. The lowest BCUT2D eigenvalue weighted by Crippen LogP contribution is -2.17. The molecule has 0 saturated heterocycles.